The molecule has 6 heteroatoms. The van der Waals surface area contributed by atoms with E-state index in [1.54, 1.807) is 21.1 Å². The highest BCUT2D eigenvalue weighted by molar-refractivity contribution is 9.10. The lowest BCUT2D eigenvalue weighted by Gasteiger charge is -2.20. The molecule has 0 aromatic heterocycles. The van der Waals surface area contributed by atoms with Crippen LogP contribution < -0.4 is 10.1 Å². The monoisotopic (exact) mass is 345 g/mol. The third kappa shape index (κ3) is 4.77. The van der Waals surface area contributed by atoms with Crippen molar-refractivity contribution in [3.8, 4) is 5.75 Å². The van der Waals surface area contributed by atoms with Crippen LogP contribution in [-0.4, -0.2) is 39.9 Å². The third-order valence-corrected chi connectivity index (χ3v) is 3.17. The van der Waals surface area contributed by atoms with E-state index < -0.39 is 6.04 Å². The number of carbonyl (C=O) groups is 1. The van der Waals surface area contributed by atoms with Gasteiger partial charge >= 0.3 is 5.97 Å². The molecule has 1 atom stereocenters. The molecule has 0 saturated carbocycles. The summed E-state index contributed by atoms with van der Waals surface area (Å²) < 4.78 is 16.3. The molecule has 0 fully saturated rings. The largest absolute Gasteiger partial charge is 0.496 e. The summed E-state index contributed by atoms with van der Waals surface area (Å²) in [5, 5.41) is 3.12. The average Bonchev–Trinajstić information content (AvgIpc) is 2.44. The van der Waals surface area contributed by atoms with Crippen LogP contribution in [0, 0.1) is 0 Å². The molecule has 1 unspecified atom stereocenters. The van der Waals surface area contributed by atoms with Crippen molar-refractivity contribution in [3.05, 3.63) is 28.2 Å². The highest BCUT2D eigenvalue weighted by atomic mass is 79.9. The quantitative estimate of drug-likeness (QED) is 0.578. The van der Waals surface area contributed by atoms with E-state index in [1.807, 2.05) is 18.2 Å². The molecule has 0 spiro atoms. The second-order valence-corrected chi connectivity index (χ2v) is 4.93. The van der Waals surface area contributed by atoms with Crippen molar-refractivity contribution in [2.24, 2.45) is 0 Å². The lowest BCUT2D eigenvalue weighted by atomic mass is 10.1. The number of esters is 1. The van der Waals surface area contributed by atoms with E-state index in [-0.39, 0.29) is 5.97 Å². The SMILES string of the molecule is CCOC(=O)C(NCCOC)c1cc(Br)ccc1OC. The molecule has 1 aromatic carbocycles. The van der Waals surface area contributed by atoms with E-state index in [1.165, 1.54) is 0 Å². The van der Waals surface area contributed by atoms with Gasteiger partial charge in [-0.05, 0) is 25.1 Å². The van der Waals surface area contributed by atoms with Crippen molar-refractivity contribution >= 4 is 21.9 Å². The summed E-state index contributed by atoms with van der Waals surface area (Å²) in [7, 11) is 3.19. The molecule has 20 heavy (non-hydrogen) atoms. The number of methoxy groups -OCH3 is 2. The molecule has 0 heterocycles. The van der Waals surface area contributed by atoms with Crippen LogP contribution in [0.4, 0.5) is 0 Å². The maximum Gasteiger partial charge on any atom is 0.327 e. The van der Waals surface area contributed by atoms with Crippen molar-refractivity contribution < 1.29 is 19.0 Å². The van der Waals surface area contributed by atoms with E-state index in [0.29, 0.717) is 25.5 Å². The molecular formula is C14H20BrNO4. The minimum atomic E-state index is -0.586. The Hall–Kier alpha value is -1.11. The molecule has 0 radical (unpaired) electrons. The Morgan fingerprint density at radius 2 is 2.15 bits per heavy atom. The number of rotatable bonds is 8. The lowest BCUT2D eigenvalue weighted by molar-refractivity contribution is -0.146. The van der Waals surface area contributed by atoms with Crippen molar-refractivity contribution in [2.45, 2.75) is 13.0 Å². The standard InChI is InChI=1S/C14H20BrNO4/c1-4-20-14(17)13(16-7-8-18-2)11-9-10(15)5-6-12(11)19-3/h5-6,9,13,16H,4,7-8H2,1-3H3. The number of ether oxygens (including phenoxy) is 3. The van der Waals surface area contributed by atoms with Gasteiger partial charge in [-0.25, -0.2) is 4.79 Å². The molecule has 112 valence electrons. The number of halogens is 1. The Balaban J connectivity index is 3.01. The summed E-state index contributed by atoms with van der Waals surface area (Å²) in [5.74, 6) is 0.302. The zero-order valence-corrected chi connectivity index (χ0v) is 13.5. The smallest absolute Gasteiger partial charge is 0.327 e. The molecule has 0 aliphatic carbocycles. The van der Waals surface area contributed by atoms with E-state index >= 15 is 0 Å². The second-order valence-electron chi connectivity index (χ2n) is 4.02. The first-order valence-electron chi connectivity index (χ1n) is 6.36. The Morgan fingerprint density at radius 1 is 1.40 bits per heavy atom. The number of carbonyl (C=O) groups excluding carboxylic acids is 1. The predicted octanol–water partition coefficient (Wildman–Crippen LogP) is 2.30. The number of hydrogen-bond donors (Lipinski definition) is 1. The molecule has 0 saturated heterocycles. The van der Waals surface area contributed by atoms with Crippen LogP contribution in [0.25, 0.3) is 0 Å². The van der Waals surface area contributed by atoms with Crippen LogP contribution in [0.1, 0.15) is 18.5 Å². The van der Waals surface area contributed by atoms with Gasteiger partial charge in [0.1, 0.15) is 11.8 Å². The van der Waals surface area contributed by atoms with E-state index in [0.717, 1.165) is 10.0 Å². The predicted molar refractivity (Wildman–Crippen MR) is 79.9 cm³/mol. The molecule has 5 nitrogen and oxygen atoms in total. The summed E-state index contributed by atoms with van der Waals surface area (Å²) in [6, 6.07) is 4.93. The Bertz CT molecular complexity index is 439. The van der Waals surface area contributed by atoms with Gasteiger partial charge in [0.15, 0.2) is 0 Å². The van der Waals surface area contributed by atoms with Gasteiger partial charge in [0.25, 0.3) is 0 Å². The fraction of sp³-hybridized carbons (Fsp3) is 0.500. The first-order valence-corrected chi connectivity index (χ1v) is 7.15. The maximum atomic E-state index is 12.1. The lowest BCUT2D eigenvalue weighted by Crippen LogP contribution is -2.32. The first kappa shape index (κ1) is 16.9. The topological polar surface area (TPSA) is 56.8 Å². The fourth-order valence-corrected chi connectivity index (χ4v) is 2.16. The van der Waals surface area contributed by atoms with Crippen LogP contribution >= 0.6 is 15.9 Å². The molecular weight excluding hydrogens is 326 g/mol. The van der Waals surface area contributed by atoms with E-state index in [2.05, 4.69) is 21.2 Å². The summed E-state index contributed by atoms with van der Waals surface area (Å²) >= 11 is 3.40. The molecule has 0 amide bonds. The van der Waals surface area contributed by atoms with E-state index in [9.17, 15) is 4.79 Å². The van der Waals surface area contributed by atoms with Gasteiger partial charge in [0, 0.05) is 23.7 Å². The summed E-state index contributed by atoms with van der Waals surface area (Å²) in [6.45, 7) is 3.15. The second kappa shape index (κ2) is 8.94. The highest BCUT2D eigenvalue weighted by Gasteiger charge is 2.24. The van der Waals surface area contributed by atoms with Gasteiger partial charge in [-0.3, -0.25) is 5.32 Å². The summed E-state index contributed by atoms with van der Waals surface area (Å²) in [6.07, 6.45) is 0. The van der Waals surface area contributed by atoms with Gasteiger partial charge in [0.2, 0.25) is 0 Å². The third-order valence-electron chi connectivity index (χ3n) is 2.68. The van der Waals surface area contributed by atoms with Crippen molar-refractivity contribution in [1.82, 2.24) is 5.32 Å². The summed E-state index contributed by atoms with van der Waals surface area (Å²) in [4.78, 5) is 12.1. The molecule has 0 aliphatic heterocycles. The van der Waals surface area contributed by atoms with Crippen molar-refractivity contribution in [3.63, 3.8) is 0 Å². The van der Waals surface area contributed by atoms with Crippen LogP contribution in [0.5, 0.6) is 5.75 Å². The van der Waals surface area contributed by atoms with Crippen LogP contribution in [0.15, 0.2) is 22.7 Å². The molecule has 1 rings (SSSR count). The van der Waals surface area contributed by atoms with Gasteiger partial charge in [-0.15, -0.1) is 0 Å². The first-order chi connectivity index (χ1) is 9.63. The average molecular weight is 346 g/mol. The molecule has 0 bridgehead atoms. The zero-order valence-electron chi connectivity index (χ0n) is 11.9. The fourth-order valence-electron chi connectivity index (χ4n) is 1.78. The van der Waals surface area contributed by atoms with Crippen LogP contribution in [-0.2, 0) is 14.3 Å². The Morgan fingerprint density at radius 3 is 2.75 bits per heavy atom. The Labute approximate surface area is 127 Å². The van der Waals surface area contributed by atoms with Crippen molar-refractivity contribution in [2.75, 3.05) is 34.0 Å². The highest BCUT2D eigenvalue weighted by Crippen LogP contribution is 2.29. The van der Waals surface area contributed by atoms with Crippen LogP contribution in [0.3, 0.4) is 0 Å². The number of nitrogens with one attached hydrogen (secondary N) is 1. The Kier molecular flexibility index (Phi) is 7.58. The van der Waals surface area contributed by atoms with E-state index in [4.69, 9.17) is 14.2 Å². The normalized spacial score (nSPS) is 12.0. The van der Waals surface area contributed by atoms with Crippen molar-refractivity contribution in [1.29, 1.82) is 0 Å². The minimum Gasteiger partial charge on any atom is -0.496 e. The van der Waals surface area contributed by atoms with Gasteiger partial charge in [-0.1, -0.05) is 15.9 Å². The molecule has 1 N–H and O–H groups in total. The number of benzene rings is 1. The summed E-state index contributed by atoms with van der Waals surface area (Å²) in [5.41, 5.74) is 0.733. The van der Waals surface area contributed by atoms with Gasteiger partial charge in [-0.2, -0.15) is 0 Å². The number of hydrogen-bond acceptors (Lipinski definition) is 5. The minimum absolute atomic E-state index is 0.331. The molecule has 1 aromatic rings. The zero-order chi connectivity index (χ0) is 15.0. The molecule has 0 aliphatic rings. The van der Waals surface area contributed by atoms with Crippen LogP contribution in [0.2, 0.25) is 0 Å². The van der Waals surface area contributed by atoms with Gasteiger partial charge in [0.05, 0.1) is 20.3 Å². The maximum absolute atomic E-state index is 12.1. The van der Waals surface area contributed by atoms with Gasteiger partial charge < -0.3 is 14.2 Å².